The second-order valence-electron chi connectivity index (χ2n) is 11.0. The van der Waals surface area contributed by atoms with Crippen LogP contribution in [0.1, 0.15) is 45.8 Å². The van der Waals surface area contributed by atoms with Crippen LogP contribution in [0.3, 0.4) is 0 Å². The Balaban J connectivity index is 1.45. The highest BCUT2D eigenvalue weighted by Crippen LogP contribution is 2.31. The zero-order valence-electron chi connectivity index (χ0n) is 24.6. The number of carboxylic acids is 1. The predicted octanol–water partition coefficient (Wildman–Crippen LogP) is 5.99. The number of hydrogen-bond acceptors (Lipinski definition) is 5. The lowest BCUT2D eigenvalue weighted by atomic mass is 10.0. The van der Waals surface area contributed by atoms with Crippen LogP contribution in [0.15, 0.2) is 72.8 Å². The van der Waals surface area contributed by atoms with Crippen molar-refractivity contribution in [1.82, 2.24) is 9.88 Å². The van der Waals surface area contributed by atoms with E-state index in [9.17, 15) is 49.8 Å². The molecule has 1 aromatic heterocycles. The third-order valence-corrected chi connectivity index (χ3v) is 9.13. The summed E-state index contributed by atoms with van der Waals surface area (Å²) in [7, 11) is -3.63. The topological polar surface area (TPSA) is 112 Å². The highest BCUT2D eigenvalue weighted by atomic mass is 32.2. The first-order chi connectivity index (χ1) is 21.3. The first-order valence-electron chi connectivity index (χ1n) is 13.9. The minimum atomic E-state index is -4.90. The number of halogens is 6. The highest BCUT2D eigenvalue weighted by molar-refractivity contribution is 7.92. The Bertz CT molecular complexity index is 1800. The largest absolute Gasteiger partial charge is 0.477 e. The van der Waals surface area contributed by atoms with Crippen molar-refractivity contribution in [3.63, 3.8) is 0 Å². The van der Waals surface area contributed by atoms with E-state index in [-0.39, 0.29) is 36.1 Å². The zero-order chi connectivity index (χ0) is 34.0. The molecule has 3 N–H and O–H groups in total. The van der Waals surface area contributed by atoms with Crippen molar-refractivity contribution in [3.8, 4) is 0 Å². The number of sulfonamides is 1. The maximum Gasteiger partial charge on any atom is 0.416 e. The Morgan fingerprint density at radius 3 is 2.22 bits per heavy atom. The number of rotatable bonds is 12. The molecule has 15 heteroatoms. The molecule has 0 fully saturated rings. The molecule has 0 aliphatic heterocycles. The van der Waals surface area contributed by atoms with E-state index in [1.165, 1.54) is 42.5 Å². The molecule has 8 nitrogen and oxygen atoms in total. The first-order valence-corrected chi connectivity index (χ1v) is 15.5. The van der Waals surface area contributed by atoms with Crippen molar-refractivity contribution in [1.29, 1.82) is 0 Å². The van der Waals surface area contributed by atoms with Gasteiger partial charge in [0.1, 0.15) is 5.69 Å². The summed E-state index contributed by atoms with van der Waals surface area (Å²) in [5.74, 6) is -3.19. The van der Waals surface area contributed by atoms with Crippen molar-refractivity contribution in [3.05, 3.63) is 101 Å². The predicted molar refractivity (Wildman–Crippen MR) is 160 cm³/mol. The second kappa shape index (κ2) is 13.3. The number of aromatic nitrogens is 1. The number of aromatic carboxylic acids is 1. The van der Waals surface area contributed by atoms with Gasteiger partial charge in [-0.3, -0.25) is 4.31 Å². The van der Waals surface area contributed by atoms with Crippen molar-refractivity contribution in [2.75, 3.05) is 23.7 Å². The van der Waals surface area contributed by atoms with Crippen molar-refractivity contribution >= 4 is 32.6 Å². The number of benzene rings is 3. The molecule has 0 bridgehead atoms. The fourth-order valence-electron chi connectivity index (χ4n) is 5.03. The Morgan fingerprint density at radius 2 is 1.61 bits per heavy atom. The number of nitrogens with one attached hydrogen (secondary N) is 1. The average molecular weight is 672 g/mol. The van der Waals surface area contributed by atoms with Gasteiger partial charge in [0, 0.05) is 37.1 Å². The van der Waals surface area contributed by atoms with Gasteiger partial charge in [-0.15, -0.1) is 0 Å². The van der Waals surface area contributed by atoms with E-state index >= 15 is 0 Å². The number of carboxylic acid groups (broad SMARTS) is 1. The van der Waals surface area contributed by atoms with E-state index < -0.39 is 45.8 Å². The molecule has 4 rings (SSSR count). The molecule has 0 amide bonds. The number of nitrogens with zero attached hydrogens (tertiary/aromatic N) is 2. The molecular weight excluding hydrogens is 640 g/mol. The summed E-state index contributed by atoms with van der Waals surface area (Å²) in [6, 6.07) is 16.8. The fraction of sp³-hybridized carbons (Fsp3) is 0.323. The van der Waals surface area contributed by atoms with Crippen LogP contribution in [0, 0.1) is 0 Å². The van der Waals surface area contributed by atoms with Gasteiger partial charge >= 0.3 is 18.3 Å². The molecule has 46 heavy (non-hydrogen) atoms. The molecule has 1 heterocycles. The lowest BCUT2D eigenvalue weighted by Crippen LogP contribution is -2.35. The van der Waals surface area contributed by atoms with Crippen LogP contribution in [0.5, 0.6) is 0 Å². The van der Waals surface area contributed by atoms with Gasteiger partial charge in [0.05, 0.1) is 17.4 Å². The maximum absolute atomic E-state index is 13.0. The van der Waals surface area contributed by atoms with Gasteiger partial charge in [-0.2, -0.15) is 26.3 Å². The SMILES string of the molecule is CC(Cc1ccc2c(c1)cc(C(=O)O)n2Cc1ccc(N(C)S(=O)(=O)CC(F)(F)F)cc1)NCC(O)c1cccc(C(F)(F)F)c1. The van der Waals surface area contributed by atoms with Crippen LogP contribution >= 0.6 is 0 Å². The van der Waals surface area contributed by atoms with Crippen LogP contribution in [-0.2, 0) is 29.2 Å². The van der Waals surface area contributed by atoms with E-state index in [0.29, 0.717) is 27.2 Å². The molecule has 248 valence electrons. The Kier molecular flexibility index (Phi) is 10.1. The molecule has 0 aliphatic carbocycles. The van der Waals surface area contributed by atoms with Crippen LogP contribution in [0.4, 0.5) is 32.0 Å². The van der Waals surface area contributed by atoms with Crippen molar-refractivity contribution in [2.24, 2.45) is 0 Å². The summed E-state index contributed by atoms with van der Waals surface area (Å²) < 4.78 is 103. The van der Waals surface area contributed by atoms with E-state index in [1.807, 2.05) is 13.0 Å². The molecular formula is C31H31F6N3O5S. The summed E-state index contributed by atoms with van der Waals surface area (Å²) in [6.07, 6.45) is -10.1. The summed E-state index contributed by atoms with van der Waals surface area (Å²) >= 11 is 0. The third-order valence-electron chi connectivity index (χ3n) is 7.39. The third kappa shape index (κ3) is 8.59. The monoisotopic (exact) mass is 671 g/mol. The minimum Gasteiger partial charge on any atom is -0.477 e. The summed E-state index contributed by atoms with van der Waals surface area (Å²) in [5.41, 5.74) is 1.28. The summed E-state index contributed by atoms with van der Waals surface area (Å²) in [4.78, 5) is 12.1. The molecule has 3 aromatic carbocycles. The lowest BCUT2D eigenvalue weighted by molar-refractivity contribution is -0.137. The number of hydrogen-bond donors (Lipinski definition) is 3. The molecule has 0 radical (unpaired) electrons. The van der Waals surface area contributed by atoms with Gasteiger partial charge in [-0.25, -0.2) is 13.2 Å². The van der Waals surface area contributed by atoms with Gasteiger partial charge in [0.15, 0.2) is 5.75 Å². The molecule has 0 saturated carbocycles. The van der Waals surface area contributed by atoms with Crippen LogP contribution < -0.4 is 9.62 Å². The zero-order valence-corrected chi connectivity index (χ0v) is 25.4. The molecule has 0 spiro atoms. The first kappa shape index (κ1) is 34.8. The molecule has 0 saturated heterocycles. The highest BCUT2D eigenvalue weighted by Gasteiger charge is 2.37. The van der Waals surface area contributed by atoms with Crippen LogP contribution in [0.25, 0.3) is 10.9 Å². The Labute approximate surface area is 260 Å². The van der Waals surface area contributed by atoms with Crippen molar-refractivity contribution < 1.29 is 49.8 Å². The van der Waals surface area contributed by atoms with E-state index in [0.717, 1.165) is 24.7 Å². The van der Waals surface area contributed by atoms with E-state index in [4.69, 9.17) is 0 Å². The van der Waals surface area contributed by atoms with Gasteiger partial charge in [0.2, 0.25) is 10.0 Å². The molecule has 2 unspecified atom stereocenters. The Hall–Kier alpha value is -4.08. The minimum absolute atomic E-state index is 0.00704. The van der Waals surface area contributed by atoms with E-state index in [1.54, 1.807) is 16.7 Å². The molecule has 2 atom stereocenters. The number of fused-ring (bicyclic) bond motifs is 1. The standard InChI is InChI=1S/C31H31F6N3O5S/c1-19(38-16-28(41)22-4-3-5-24(14-22)31(35,36)37)12-21-8-11-26-23(13-21)15-27(29(42)43)40(26)17-20-6-9-25(10-7-20)39(2)46(44,45)18-30(32,33)34/h3-11,13-15,19,28,38,41H,12,16-18H2,1-2H3,(H,42,43). The average Bonchev–Trinajstić information content (AvgIpc) is 3.32. The quantitative estimate of drug-likeness (QED) is 0.160. The Morgan fingerprint density at radius 1 is 0.957 bits per heavy atom. The van der Waals surface area contributed by atoms with Gasteiger partial charge in [0.25, 0.3) is 0 Å². The number of alkyl halides is 6. The fourth-order valence-corrected chi connectivity index (χ4v) is 6.08. The second-order valence-corrected chi connectivity index (χ2v) is 13.0. The number of carbonyl (C=O) groups is 1. The smallest absolute Gasteiger partial charge is 0.416 e. The normalized spacial score (nSPS) is 13.9. The number of aliphatic hydroxyl groups excluding tert-OH is 1. The number of anilines is 1. The van der Waals surface area contributed by atoms with Gasteiger partial charge in [-0.05, 0) is 72.5 Å². The summed E-state index contributed by atoms with van der Waals surface area (Å²) in [5, 5.41) is 24.0. The van der Waals surface area contributed by atoms with Gasteiger partial charge in [-0.1, -0.05) is 30.3 Å². The van der Waals surface area contributed by atoms with Crippen LogP contribution in [-0.4, -0.2) is 60.7 Å². The number of aliphatic hydroxyl groups is 1. The summed E-state index contributed by atoms with van der Waals surface area (Å²) in [6.45, 7) is 1.93. The van der Waals surface area contributed by atoms with Crippen molar-refractivity contribution in [2.45, 2.75) is 44.4 Å². The molecule has 0 aliphatic rings. The molecule has 4 aromatic rings. The lowest BCUT2D eigenvalue weighted by Gasteiger charge is -2.20. The maximum atomic E-state index is 13.0. The van der Waals surface area contributed by atoms with E-state index in [2.05, 4.69) is 5.32 Å². The van der Waals surface area contributed by atoms with Gasteiger partial charge < -0.3 is 20.1 Å². The van der Waals surface area contributed by atoms with Crippen LogP contribution in [0.2, 0.25) is 0 Å².